The largest absolute Gasteiger partial charge is 0.391 e. The monoisotopic (exact) mass is 199 g/mol. The summed E-state index contributed by atoms with van der Waals surface area (Å²) in [5.74, 6) is 0.774. The van der Waals surface area contributed by atoms with Crippen LogP contribution < -0.4 is 0 Å². The minimum Gasteiger partial charge on any atom is -0.391 e. The Morgan fingerprint density at radius 2 is 2.00 bits per heavy atom. The molecule has 0 amide bonds. The minimum absolute atomic E-state index is 0.103. The van der Waals surface area contributed by atoms with Gasteiger partial charge in [0.1, 0.15) is 0 Å². The van der Waals surface area contributed by atoms with Gasteiger partial charge < -0.3 is 5.11 Å². The Balaban J connectivity index is 2.62. The first-order valence-electron chi connectivity index (χ1n) is 6.00. The van der Waals surface area contributed by atoms with E-state index in [2.05, 4.69) is 32.6 Å². The van der Waals surface area contributed by atoms with Gasteiger partial charge in [0.2, 0.25) is 0 Å². The van der Waals surface area contributed by atoms with Gasteiger partial charge in [-0.25, -0.2) is 0 Å². The van der Waals surface area contributed by atoms with E-state index in [0.29, 0.717) is 12.1 Å². The van der Waals surface area contributed by atoms with Gasteiger partial charge in [-0.1, -0.05) is 13.8 Å². The Morgan fingerprint density at radius 3 is 2.50 bits per heavy atom. The van der Waals surface area contributed by atoms with Crippen molar-refractivity contribution in [1.82, 2.24) is 4.90 Å². The maximum absolute atomic E-state index is 10.00. The van der Waals surface area contributed by atoms with Gasteiger partial charge in [0, 0.05) is 12.1 Å². The summed E-state index contributed by atoms with van der Waals surface area (Å²) in [6.45, 7) is 9.97. The molecule has 0 aromatic rings. The highest BCUT2D eigenvalue weighted by Gasteiger charge is 2.31. The van der Waals surface area contributed by atoms with Gasteiger partial charge in [-0.2, -0.15) is 0 Å². The summed E-state index contributed by atoms with van der Waals surface area (Å²) in [5.41, 5.74) is 0. The second-order valence-electron chi connectivity index (χ2n) is 4.98. The topological polar surface area (TPSA) is 23.5 Å². The zero-order valence-electron chi connectivity index (χ0n) is 10.0. The average Bonchev–Trinajstić information content (AvgIpc) is 2.11. The summed E-state index contributed by atoms with van der Waals surface area (Å²) in [6.07, 6.45) is 3.23. The fourth-order valence-corrected chi connectivity index (χ4v) is 2.67. The van der Waals surface area contributed by atoms with E-state index in [4.69, 9.17) is 0 Å². The quantitative estimate of drug-likeness (QED) is 0.753. The van der Waals surface area contributed by atoms with E-state index < -0.39 is 0 Å². The van der Waals surface area contributed by atoms with Gasteiger partial charge in [-0.3, -0.25) is 4.90 Å². The Kier molecular flexibility index (Phi) is 4.39. The van der Waals surface area contributed by atoms with E-state index in [0.717, 1.165) is 25.3 Å². The van der Waals surface area contributed by atoms with E-state index in [1.54, 1.807) is 0 Å². The molecule has 1 aliphatic carbocycles. The first-order valence-corrected chi connectivity index (χ1v) is 6.00. The first kappa shape index (κ1) is 12.0. The van der Waals surface area contributed by atoms with Gasteiger partial charge in [-0.05, 0) is 45.6 Å². The fourth-order valence-electron chi connectivity index (χ4n) is 2.67. The summed E-state index contributed by atoms with van der Waals surface area (Å²) in [7, 11) is 0. The van der Waals surface area contributed by atoms with E-state index in [-0.39, 0.29) is 6.10 Å². The number of hydrogen-bond acceptors (Lipinski definition) is 2. The van der Waals surface area contributed by atoms with Crippen LogP contribution >= 0.6 is 0 Å². The molecule has 3 unspecified atom stereocenters. The predicted molar refractivity (Wildman–Crippen MR) is 60.3 cm³/mol. The lowest BCUT2D eigenvalue weighted by Crippen LogP contribution is -2.49. The standard InChI is InChI=1S/C12H25NO/c1-5-13(9(2)3)11-8-10(4)6-7-12(11)14/h9-12,14H,5-8H2,1-4H3. The first-order chi connectivity index (χ1) is 6.56. The van der Waals surface area contributed by atoms with Crippen LogP contribution in [0.4, 0.5) is 0 Å². The normalized spacial score (nSPS) is 34.1. The van der Waals surface area contributed by atoms with Crippen LogP contribution in [0.3, 0.4) is 0 Å². The molecule has 1 rings (SSSR count). The van der Waals surface area contributed by atoms with E-state index in [1.165, 1.54) is 6.42 Å². The van der Waals surface area contributed by atoms with Crippen molar-refractivity contribution in [2.75, 3.05) is 6.54 Å². The predicted octanol–water partition coefficient (Wildman–Crippen LogP) is 2.27. The fraction of sp³-hybridized carbons (Fsp3) is 1.00. The number of aliphatic hydroxyl groups is 1. The zero-order chi connectivity index (χ0) is 10.7. The van der Waals surface area contributed by atoms with Crippen molar-refractivity contribution in [1.29, 1.82) is 0 Å². The molecule has 2 heteroatoms. The number of rotatable bonds is 3. The molecule has 14 heavy (non-hydrogen) atoms. The molecule has 0 aliphatic heterocycles. The molecular formula is C12H25NO. The third-order valence-electron chi connectivity index (χ3n) is 3.50. The lowest BCUT2D eigenvalue weighted by Gasteiger charge is -2.41. The molecule has 0 aromatic carbocycles. The van der Waals surface area contributed by atoms with Gasteiger partial charge in [0.15, 0.2) is 0 Å². The van der Waals surface area contributed by atoms with E-state index in [1.807, 2.05) is 0 Å². The summed E-state index contributed by atoms with van der Waals surface area (Å²) in [5, 5.41) is 10.00. The maximum Gasteiger partial charge on any atom is 0.0695 e. The third-order valence-corrected chi connectivity index (χ3v) is 3.50. The van der Waals surface area contributed by atoms with Crippen LogP contribution in [0.25, 0.3) is 0 Å². The molecular weight excluding hydrogens is 174 g/mol. The summed E-state index contributed by atoms with van der Waals surface area (Å²) >= 11 is 0. The van der Waals surface area contributed by atoms with E-state index in [9.17, 15) is 5.11 Å². The van der Waals surface area contributed by atoms with Crippen LogP contribution in [0.15, 0.2) is 0 Å². The van der Waals surface area contributed by atoms with Crippen LogP contribution in [0.1, 0.15) is 47.0 Å². The van der Waals surface area contributed by atoms with Crippen molar-refractivity contribution in [2.24, 2.45) is 5.92 Å². The van der Waals surface area contributed by atoms with Crippen molar-refractivity contribution in [3.63, 3.8) is 0 Å². The Hall–Kier alpha value is -0.0800. The summed E-state index contributed by atoms with van der Waals surface area (Å²) in [6, 6.07) is 0.939. The van der Waals surface area contributed by atoms with Gasteiger partial charge in [0.05, 0.1) is 6.10 Å². The van der Waals surface area contributed by atoms with Crippen LogP contribution in [0.5, 0.6) is 0 Å². The molecule has 0 bridgehead atoms. The molecule has 3 atom stereocenters. The molecule has 0 aromatic heterocycles. The maximum atomic E-state index is 10.00. The Labute approximate surface area is 88.3 Å². The highest BCUT2D eigenvalue weighted by atomic mass is 16.3. The van der Waals surface area contributed by atoms with Crippen LogP contribution in [-0.4, -0.2) is 34.7 Å². The highest BCUT2D eigenvalue weighted by molar-refractivity contribution is 4.86. The molecule has 0 radical (unpaired) electrons. The number of hydrogen-bond donors (Lipinski definition) is 1. The Bertz CT molecular complexity index is 170. The molecule has 1 fully saturated rings. The number of nitrogens with zero attached hydrogens (tertiary/aromatic N) is 1. The van der Waals surface area contributed by atoms with Crippen molar-refractivity contribution in [3.05, 3.63) is 0 Å². The van der Waals surface area contributed by atoms with Crippen LogP contribution in [-0.2, 0) is 0 Å². The molecule has 2 nitrogen and oxygen atoms in total. The van der Waals surface area contributed by atoms with Crippen LogP contribution in [0, 0.1) is 5.92 Å². The smallest absolute Gasteiger partial charge is 0.0695 e. The molecule has 84 valence electrons. The molecule has 1 N–H and O–H groups in total. The Morgan fingerprint density at radius 1 is 1.36 bits per heavy atom. The highest BCUT2D eigenvalue weighted by Crippen LogP contribution is 2.28. The van der Waals surface area contributed by atoms with Gasteiger partial charge >= 0.3 is 0 Å². The number of likely N-dealkylation sites (N-methyl/N-ethyl adjacent to an activating group) is 1. The summed E-state index contributed by atoms with van der Waals surface area (Å²) < 4.78 is 0. The third kappa shape index (κ3) is 2.71. The number of aliphatic hydroxyl groups excluding tert-OH is 1. The van der Waals surface area contributed by atoms with Gasteiger partial charge in [-0.15, -0.1) is 0 Å². The molecule has 1 aliphatic rings. The zero-order valence-corrected chi connectivity index (χ0v) is 10.0. The van der Waals surface area contributed by atoms with Crippen molar-refractivity contribution >= 4 is 0 Å². The van der Waals surface area contributed by atoms with E-state index >= 15 is 0 Å². The van der Waals surface area contributed by atoms with Gasteiger partial charge in [0.25, 0.3) is 0 Å². The molecule has 0 spiro atoms. The van der Waals surface area contributed by atoms with Crippen molar-refractivity contribution in [3.8, 4) is 0 Å². The second kappa shape index (κ2) is 5.13. The summed E-state index contributed by atoms with van der Waals surface area (Å²) in [4.78, 5) is 2.43. The molecule has 0 saturated heterocycles. The van der Waals surface area contributed by atoms with Crippen molar-refractivity contribution < 1.29 is 5.11 Å². The molecule has 1 saturated carbocycles. The lowest BCUT2D eigenvalue weighted by molar-refractivity contribution is -0.00552. The van der Waals surface area contributed by atoms with Crippen LogP contribution in [0.2, 0.25) is 0 Å². The molecule has 0 heterocycles. The minimum atomic E-state index is -0.103. The second-order valence-corrected chi connectivity index (χ2v) is 4.98. The van der Waals surface area contributed by atoms with Crippen molar-refractivity contribution in [2.45, 2.75) is 65.1 Å². The lowest BCUT2D eigenvalue weighted by atomic mass is 9.83. The SMILES string of the molecule is CCN(C(C)C)C1CC(C)CCC1O. The average molecular weight is 199 g/mol.